The van der Waals surface area contributed by atoms with Crippen LogP contribution in [0.4, 0.5) is 4.79 Å². The van der Waals surface area contributed by atoms with E-state index in [1.165, 1.54) is 45.9 Å². The zero-order valence-electron chi connectivity index (χ0n) is 20.7. The molecule has 1 saturated heterocycles. The van der Waals surface area contributed by atoms with Crippen molar-refractivity contribution in [2.45, 2.75) is 42.1 Å². The largest absolute Gasteiger partial charge is 0.510 e. The lowest BCUT2D eigenvalue weighted by Gasteiger charge is -2.51. The number of amides is 1. The van der Waals surface area contributed by atoms with Crippen LogP contribution in [0.1, 0.15) is 52.5 Å². The lowest BCUT2D eigenvalue weighted by molar-refractivity contribution is 0.0126. The van der Waals surface area contributed by atoms with E-state index in [-0.39, 0.29) is 29.6 Å². The summed E-state index contributed by atoms with van der Waals surface area (Å²) < 4.78 is 16.8. The van der Waals surface area contributed by atoms with Gasteiger partial charge in [-0.1, -0.05) is 30.3 Å². The topological polar surface area (TPSA) is 90.3 Å². The lowest BCUT2D eigenvalue weighted by Crippen LogP contribution is -2.63. The molecule has 1 fully saturated rings. The molecule has 1 aromatic heterocycles. The third kappa shape index (κ3) is 3.29. The van der Waals surface area contributed by atoms with Gasteiger partial charge in [0.2, 0.25) is 18.0 Å². The number of aromatic nitrogens is 1. The Morgan fingerprint density at radius 1 is 1.05 bits per heavy atom. The molecule has 4 aliphatic rings. The molecule has 10 heteroatoms. The van der Waals surface area contributed by atoms with Crippen molar-refractivity contribution in [2.75, 3.05) is 25.5 Å². The van der Waals surface area contributed by atoms with E-state index in [2.05, 4.69) is 46.1 Å². The van der Waals surface area contributed by atoms with E-state index >= 15 is 0 Å². The van der Waals surface area contributed by atoms with Crippen LogP contribution in [0.2, 0.25) is 0 Å². The minimum Gasteiger partial charge on any atom is -0.451 e. The van der Waals surface area contributed by atoms with Gasteiger partial charge in [-0.05, 0) is 47.6 Å². The molecule has 3 aromatic rings. The number of carbonyl (C=O) groups is 2. The first kappa shape index (κ1) is 23.2. The van der Waals surface area contributed by atoms with E-state index in [0.717, 1.165) is 25.0 Å². The van der Waals surface area contributed by atoms with E-state index in [9.17, 15) is 14.4 Å². The van der Waals surface area contributed by atoms with Crippen molar-refractivity contribution in [3.63, 3.8) is 0 Å². The quantitative estimate of drug-likeness (QED) is 0.365. The molecule has 3 aliphatic heterocycles. The number of thioether (sulfide) groups is 1. The Kier molecular flexibility index (Phi) is 5.40. The van der Waals surface area contributed by atoms with E-state index in [1.54, 1.807) is 10.9 Å². The zero-order valence-corrected chi connectivity index (χ0v) is 21.5. The SMILES string of the molecule is COC(=O)OCOc1c2n(ccc1=O)N([C@H]1c3cccc4c3-c3c(cccc31)SC4)[C@@H]1CCCCN1C2=O. The van der Waals surface area contributed by atoms with Crippen molar-refractivity contribution in [1.29, 1.82) is 0 Å². The predicted molar refractivity (Wildman–Crippen MR) is 140 cm³/mol. The van der Waals surface area contributed by atoms with Crippen molar-refractivity contribution in [3.8, 4) is 16.9 Å². The smallest absolute Gasteiger partial charge is 0.451 e. The first-order valence-corrected chi connectivity index (χ1v) is 13.6. The van der Waals surface area contributed by atoms with Crippen molar-refractivity contribution in [3.05, 3.63) is 81.3 Å². The van der Waals surface area contributed by atoms with Crippen LogP contribution in [0.25, 0.3) is 11.1 Å². The number of methoxy groups -OCH3 is 1. The second kappa shape index (κ2) is 8.83. The highest BCUT2D eigenvalue weighted by molar-refractivity contribution is 7.98. The Morgan fingerprint density at radius 2 is 1.87 bits per heavy atom. The molecule has 9 nitrogen and oxygen atoms in total. The van der Waals surface area contributed by atoms with Gasteiger partial charge in [-0.15, -0.1) is 11.8 Å². The summed E-state index contributed by atoms with van der Waals surface area (Å²) in [6.45, 7) is 0.0399. The minimum absolute atomic E-state index is 0.135. The van der Waals surface area contributed by atoms with Crippen LogP contribution < -0.4 is 15.2 Å². The second-order valence-corrected chi connectivity index (χ2v) is 10.7. The van der Waals surface area contributed by atoms with Crippen LogP contribution in [0.5, 0.6) is 5.75 Å². The van der Waals surface area contributed by atoms with E-state index in [0.29, 0.717) is 6.54 Å². The summed E-state index contributed by atoms with van der Waals surface area (Å²) in [6.07, 6.45) is 3.24. The molecule has 194 valence electrons. The number of ether oxygens (including phenoxy) is 3. The molecule has 38 heavy (non-hydrogen) atoms. The molecule has 0 radical (unpaired) electrons. The molecular weight excluding hydrogens is 506 g/mol. The first-order chi connectivity index (χ1) is 18.6. The second-order valence-electron chi connectivity index (χ2n) is 9.71. The highest BCUT2D eigenvalue weighted by Crippen LogP contribution is 2.55. The van der Waals surface area contributed by atoms with Crippen LogP contribution in [0.3, 0.4) is 0 Å². The molecule has 4 heterocycles. The Labute approximate surface area is 222 Å². The standard InChI is InChI=1S/C28H25N3O6S/c1-35-28(34)37-15-36-26-19(32)11-13-30-25(26)27(33)29-12-3-2-10-21(29)31(30)24-17-7-4-6-16-14-38-20-9-5-8-18(24)23(20)22(16)17/h4-9,11,13,21,24H,2-3,10,12,14-15H2,1H3/t21-,24+/m1/s1. The fraction of sp³-hybridized carbons (Fsp3) is 0.321. The zero-order chi connectivity index (χ0) is 26.0. The molecule has 1 aliphatic carbocycles. The molecule has 0 bridgehead atoms. The number of benzene rings is 2. The maximum Gasteiger partial charge on any atom is 0.510 e. The van der Waals surface area contributed by atoms with Crippen LogP contribution in [-0.2, 0) is 15.2 Å². The van der Waals surface area contributed by atoms with Crippen LogP contribution in [0.15, 0.2) is 58.4 Å². The van der Waals surface area contributed by atoms with Gasteiger partial charge >= 0.3 is 6.16 Å². The van der Waals surface area contributed by atoms with Crippen LogP contribution >= 0.6 is 11.8 Å². The predicted octanol–water partition coefficient (Wildman–Crippen LogP) is 4.25. The van der Waals surface area contributed by atoms with Gasteiger partial charge in [-0.3, -0.25) is 19.3 Å². The first-order valence-electron chi connectivity index (χ1n) is 12.6. The Hall–Kier alpha value is -3.92. The lowest BCUT2D eigenvalue weighted by atomic mass is 9.98. The fourth-order valence-corrected chi connectivity index (χ4v) is 7.37. The molecule has 0 saturated carbocycles. The van der Waals surface area contributed by atoms with Gasteiger partial charge in [0.05, 0.1) is 13.2 Å². The average molecular weight is 532 g/mol. The maximum absolute atomic E-state index is 13.9. The molecule has 1 amide bonds. The highest BCUT2D eigenvalue weighted by atomic mass is 32.2. The van der Waals surface area contributed by atoms with Gasteiger partial charge in [0.15, 0.2) is 5.69 Å². The van der Waals surface area contributed by atoms with E-state index in [1.807, 2.05) is 16.7 Å². The summed E-state index contributed by atoms with van der Waals surface area (Å²) in [6, 6.07) is 14.2. The monoisotopic (exact) mass is 531 g/mol. The summed E-state index contributed by atoms with van der Waals surface area (Å²) >= 11 is 1.85. The molecule has 0 spiro atoms. The Morgan fingerprint density at radius 3 is 2.71 bits per heavy atom. The number of pyridine rings is 1. The number of carbonyl (C=O) groups excluding carboxylic acids is 2. The molecule has 7 rings (SSSR count). The number of rotatable bonds is 4. The van der Waals surface area contributed by atoms with Crippen LogP contribution in [0, 0.1) is 0 Å². The third-order valence-corrected chi connectivity index (χ3v) is 8.91. The summed E-state index contributed by atoms with van der Waals surface area (Å²) in [7, 11) is 1.18. The summed E-state index contributed by atoms with van der Waals surface area (Å²) in [5.41, 5.74) is 5.93. The van der Waals surface area contributed by atoms with Gasteiger partial charge in [0.1, 0.15) is 6.17 Å². The van der Waals surface area contributed by atoms with Gasteiger partial charge in [0, 0.05) is 35.0 Å². The number of piperidine rings is 1. The van der Waals surface area contributed by atoms with Gasteiger partial charge < -0.3 is 19.1 Å². The van der Waals surface area contributed by atoms with Gasteiger partial charge in [0.25, 0.3) is 5.91 Å². The molecular formula is C28H25N3O6S. The number of fused-ring (bicyclic) bond motifs is 2. The Bertz CT molecular complexity index is 1500. The van der Waals surface area contributed by atoms with Crippen molar-refractivity contribution >= 4 is 23.8 Å². The number of nitrogens with zero attached hydrogens (tertiary/aromatic N) is 3. The summed E-state index contributed by atoms with van der Waals surface area (Å²) in [4.78, 5) is 41.4. The van der Waals surface area contributed by atoms with Crippen LogP contribution in [-0.4, -0.2) is 48.3 Å². The highest BCUT2D eigenvalue weighted by Gasteiger charge is 2.47. The van der Waals surface area contributed by atoms with Gasteiger partial charge in [-0.2, -0.15) is 0 Å². The van der Waals surface area contributed by atoms with Crippen molar-refractivity contribution < 1.29 is 23.8 Å². The molecule has 2 aromatic carbocycles. The van der Waals surface area contributed by atoms with Crippen molar-refractivity contribution in [2.24, 2.45) is 0 Å². The minimum atomic E-state index is -0.937. The molecule has 0 N–H and O–H groups in total. The number of hydrogen-bond acceptors (Lipinski definition) is 8. The average Bonchev–Trinajstić information content (AvgIpc) is 3.29. The number of hydrogen-bond donors (Lipinski definition) is 0. The van der Waals surface area contributed by atoms with E-state index in [4.69, 9.17) is 9.47 Å². The van der Waals surface area contributed by atoms with Crippen molar-refractivity contribution in [1.82, 2.24) is 9.58 Å². The summed E-state index contributed by atoms with van der Waals surface area (Å²) in [5.74, 6) is 0.510. The van der Waals surface area contributed by atoms with Gasteiger partial charge in [-0.25, -0.2) is 4.79 Å². The molecule has 2 atom stereocenters. The normalized spacial score (nSPS) is 20.4. The third-order valence-electron chi connectivity index (χ3n) is 7.80. The molecule has 0 unspecified atom stereocenters. The maximum atomic E-state index is 13.9. The fourth-order valence-electron chi connectivity index (χ4n) is 6.28. The summed E-state index contributed by atoms with van der Waals surface area (Å²) in [5, 5.41) is 2.23. The Balaban J connectivity index is 1.42. The van der Waals surface area contributed by atoms with E-state index < -0.39 is 18.4 Å².